The van der Waals surface area contributed by atoms with Crippen LogP contribution in [0.2, 0.25) is 0 Å². The summed E-state index contributed by atoms with van der Waals surface area (Å²) >= 11 is 0. The molecule has 0 atom stereocenters. The number of aromatic nitrogens is 2. The Labute approximate surface area is 91.2 Å². The molecule has 90 valence electrons. The summed E-state index contributed by atoms with van der Waals surface area (Å²) in [6.45, 7) is 0.940. The molecule has 3 nitrogen and oxygen atoms in total. The maximum Gasteiger partial charge on any atom is 0.506 e. The van der Waals surface area contributed by atoms with Crippen molar-refractivity contribution in [3.8, 4) is 0 Å². The fourth-order valence-corrected chi connectivity index (χ4v) is 1.26. The van der Waals surface area contributed by atoms with E-state index in [2.05, 4.69) is 6.58 Å². The summed E-state index contributed by atoms with van der Waals surface area (Å²) in [5, 5.41) is 0. The van der Waals surface area contributed by atoms with Gasteiger partial charge in [0.15, 0.2) is 0 Å². The summed E-state index contributed by atoms with van der Waals surface area (Å²) in [5.74, 6) is 0. The molecule has 1 heterocycles. The second-order valence-electron chi connectivity index (χ2n) is 3.94. The Bertz CT molecular complexity index is 444. The average Bonchev–Trinajstić information content (AvgIpc) is 2.46. The molecule has 0 radical (unpaired) electrons. The van der Waals surface area contributed by atoms with Crippen molar-refractivity contribution in [3.63, 3.8) is 0 Å². The Balaban J connectivity index is 2.92. The quantitative estimate of drug-likeness (QED) is 0.732. The first-order valence-electron chi connectivity index (χ1n) is 4.88. The fourth-order valence-electron chi connectivity index (χ4n) is 1.26. The van der Waals surface area contributed by atoms with Crippen LogP contribution in [0.4, 0.5) is 12.9 Å². The lowest BCUT2D eigenvalue weighted by atomic mass is 9.80. The predicted octanol–water partition coefficient (Wildman–Crippen LogP) is 2.17. The van der Waals surface area contributed by atoms with E-state index >= 15 is 0 Å². The van der Waals surface area contributed by atoms with E-state index in [0.717, 1.165) is 4.57 Å². The number of hydrogen-bond donors (Lipinski definition) is 0. The van der Waals surface area contributed by atoms with Crippen molar-refractivity contribution in [1.82, 2.24) is 9.13 Å². The molecule has 0 aromatic carbocycles. The van der Waals surface area contributed by atoms with E-state index in [9.17, 15) is 17.7 Å². The van der Waals surface area contributed by atoms with Crippen LogP contribution < -0.4 is 5.69 Å². The zero-order chi connectivity index (χ0) is 12.5. The summed E-state index contributed by atoms with van der Waals surface area (Å²) in [5.41, 5.74) is -1.32. The van der Waals surface area contributed by atoms with E-state index in [-0.39, 0.29) is 6.04 Å². The van der Waals surface area contributed by atoms with Crippen LogP contribution in [0.5, 0.6) is 0 Å². The maximum absolute atomic E-state index is 12.3. The third kappa shape index (κ3) is 2.59. The smallest absolute Gasteiger partial charge is 0.445 e. The molecule has 0 N–H and O–H groups in total. The summed E-state index contributed by atoms with van der Waals surface area (Å²) in [6.07, 6.45) is 2.82. The number of imidazole rings is 1. The van der Waals surface area contributed by atoms with Gasteiger partial charge in [0.2, 0.25) is 0 Å². The largest absolute Gasteiger partial charge is 0.506 e. The highest BCUT2D eigenvalue weighted by molar-refractivity contribution is 6.66. The molecule has 0 bridgehead atoms. The van der Waals surface area contributed by atoms with Crippen molar-refractivity contribution in [1.29, 1.82) is 0 Å². The second-order valence-corrected chi connectivity index (χ2v) is 3.94. The number of hydrogen-bond acceptors (Lipinski definition) is 1. The van der Waals surface area contributed by atoms with Gasteiger partial charge in [0, 0.05) is 25.0 Å². The van der Waals surface area contributed by atoms with E-state index in [1.807, 2.05) is 0 Å². The molecular weight excluding hydrogens is 220 g/mol. The Kier molecular flexibility index (Phi) is 3.35. The molecule has 1 aromatic heterocycles. The lowest BCUT2D eigenvalue weighted by molar-refractivity contribution is 0.480. The van der Waals surface area contributed by atoms with Crippen molar-refractivity contribution in [3.05, 3.63) is 34.9 Å². The van der Waals surface area contributed by atoms with E-state index in [1.165, 1.54) is 17.0 Å². The number of rotatable bonds is 4. The Morgan fingerprint density at radius 1 is 1.44 bits per heavy atom. The highest BCUT2D eigenvalue weighted by Crippen LogP contribution is 2.19. The van der Waals surface area contributed by atoms with Crippen LogP contribution >= 0.6 is 0 Å². The lowest BCUT2D eigenvalue weighted by Crippen LogP contribution is -2.29. The monoisotopic (exact) mass is 233 g/mol. The van der Waals surface area contributed by atoms with Gasteiger partial charge in [-0.15, -0.1) is 12.1 Å². The molecule has 7 heteroatoms. The second kappa shape index (κ2) is 4.23. The van der Waals surface area contributed by atoms with Gasteiger partial charge in [-0.3, -0.25) is 9.13 Å². The van der Waals surface area contributed by atoms with Gasteiger partial charge in [-0.05, 0) is 13.8 Å². The topological polar surface area (TPSA) is 26.9 Å². The highest BCUT2D eigenvalue weighted by atomic mass is 19.4. The van der Waals surface area contributed by atoms with Crippen LogP contribution in [0.1, 0.15) is 19.9 Å². The van der Waals surface area contributed by atoms with Gasteiger partial charge in [-0.25, -0.2) is 4.79 Å². The van der Waals surface area contributed by atoms with Gasteiger partial charge in [0.25, 0.3) is 0 Å². The first kappa shape index (κ1) is 12.7. The lowest BCUT2D eigenvalue weighted by Gasteiger charge is -2.17. The number of halogens is 3. The van der Waals surface area contributed by atoms with E-state index < -0.39 is 24.7 Å². The molecule has 0 aliphatic heterocycles. The molecule has 0 saturated carbocycles. The van der Waals surface area contributed by atoms with Gasteiger partial charge in [-0.2, -0.15) is 0 Å². The predicted molar refractivity (Wildman–Crippen MR) is 57.3 cm³/mol. The van der Waals surface area contributed by atoms with Crippen molar-refractivity contribution in [2.75, 3.05) is 0 Å². The van der Waals surface area contributed by atoms with Crippen LogP contribution in [0, 0.1) is 0 Å². The molecule has 0 fully saturated rings. The van der Waals surface area contributed by atoms with Crippen molar-refractivity contribution < 1.29 is 12.9 Å². The van der Waals surface area contributed by atoms with Gasteiger partial charge in [-0.1, -0.05) is 0 Å². The number of allylic oxidation sites excluding steroid dienone is 1. The Hall–Kier alpha value is -1.40. The first-order valence-corrected chi connectivity index (χ1v) is 4.88. The van der Waals surface area contributed by atoms with Crippen LogP contribution in [0.3, 0.4) is 0 Å². The molecule has 0 amide bonds. The van der Waals surface area contributed by atoms with E-state index in [0.29, 0.717) is 0 Å². The molecule has 1 aromatic rings. The summed E-state index contributed by atoms with van der Waals surface area (Å²) in [7, 11) is 0. The molecule has 16 heavy (non-hydrogen) atoms. The van der Waals surface area contributed by atoms with Crippen LogP contribution in [0.15, 0.2) is 29.2 Å². The molecule has 0 spiro atoms. The minimum atomic E-state index is -5.08. The minimum Gasteiger partial charge on any atom is -0.445 e. The fraction of sp³-hybridized carbons (Fsp3) is 0.444. The van der Waals surface area contributed by atoms with Gasteiger partial charge >= 0.3 is 12.7 Å². The molecule has 0 aliphatic carbocycles. The first-order chi connectivity index (χ1) is 7.23. The van der Waals surface area contributed by atoms with Gasteiger partial charge in [0.1, 0.15) is 0 Å². The molecular formula is C9H13BF3N2O-. The highest BCUT2D eigenvalue weighted by Gasteiger charge is 2.27. The maximum atomic E-state index is 12.3. The third-order valence-electron chi connectivity index (χ3n) is 2.27. The third-order valence-corrected chi connectivity index (χ3v) is 2.27. The standard InChI is InChI=1S/C9H13BF3N2O/c1-7(2)15-5-4-14(9(15)16)6-8(3)10(11,12)13/h4-5,7H,3,6H2,1-2H3/q-1. The zero-order valence-electron chi connectivity index (χ0n) is 9.16. The summed E-state index contributed by atoms with van der Waals surface area (Å²) in [4.78, 5) is 11.6. The van der Waals surface area contributed by atoms with E-state index in [1.54, 1.807) is 13.8 Å². The van der Waals surface area contributed by atoms with Crippen LogP contribution in [-0.2, 0) is 6.54 Å². The van der Waals surface area contributed by atoms with Crippen molar-refractivity contribution in [2.45, 2.75) is 26.4 Å². The minimum absolute atomic E-state index is 0.0709. The van der Waals surface area contributed by atoms with E-state index in [4.69, 9.17) is 0 Å². The number of nitrogens with zero attached hydrogens (tertiary/aromatic N) is 2. The van der Waals surface area contributed by atoms with Gasteiger partial charge in [0.05, 0.1) is 0 Å². The molecule has 0 unspecified atom stereocenters. The van der Waals surface area contributed by atoms with Crippen LogP contribution in [0.25, 0.3) is 0 Å². The van der Waals surface area contributed by atoms with Crippen molar-refractivity contribution in [2.24, 2.45) is 0 Å². The average molecular weight is 233 g/mol. The van der Waals surface area contributed by atoms with Gasteiger partial charge < -0.3 is 12.9 Å². The molecule has 1 rings (SSSR count). The summed E-state index contributed by atoms with van der Waals surface area (Å²) in [6, 6.07) is -0.0709. The Morgan fingerprint density at radius 3 is 2.38 bits per heavy atom. The molecule has 0 aliphatic rings. The van der Waals surface area contributed by atoms with Crippen molar-refractivity contribution >= 4 is 6.98 Å². The Morgan fingerprint density at radius 2 is 2.00 bits per heavy atom. The SMILES string of the molecule is C=C(Cn1ccn(C(C)C)c1=O)[B-](F)(F)F. The van der Waals surface area contributed by atoms with Crippen LogP contribution in [-0.4, -0.2) is 16.1 Å². The normalized spacial score (nSPS) is 12.1. The summed E-state index contributed by atoms with van der Waals surface area (Å²) < 4.78 is 39.2. The zero-order valence-corrected chi connectivity index (χ0v) is 9.16. The molecule has 0 saturated heterocycles.